The number of nitrogens with zero attached hydrogens (tertiary/aromatic N) is 1. The number of rotatable bonds is 4. The zero-order chi connectivity index (χ0) is 13.5. The third kappa shape index (κ3) is 3.85. The van der Waals surface area contributed by atoms with E-state index in [4.69, 9.17) is 11.6 Å². The molecule has 1 aromatic rings. The van der Waals surface area contributed by atoms with Crippen molar-refractivity contribution in [3.63, 3.8) is 0 Å². The number of allylic oxidation sites excluding steroid dienone is 6. The molecule has 1 rings (SSSR count). The molecule has 0 N–H and O–H groups in total. The quantitative estimate of drug-likeness (QED) is 0.680. The molecule has 18 heavy (non-hydrogen) atoms. The highest BCUT2D eigenvalue weighted by atomic mass is 35.5. The predicted octanol–water partition coefficient (Wildman–Crippen LogP) is 5.19. The van der Waals surface area contributed by atoms with E-state index in [1.165, 1.54) is 0 Å². The van der Waals surface area contributed by atoms with Crippen LogP contribution in [0.2, 0.25) is 0 Å². The SMILES string of the molecule is CC=C(Cl)C(=CC=CCC)c1ncc(C)cc1C. The summed E-state index contributed by atoms with van der Waals surface area (Å²) in [4.78, 5) is 4.50. The molecule has 0 fully saturated rings. The van der Waals surface area contributed by atoms with E-state index in [1.54, 1.807) is 0 Å². The van der Waals surface area contributed by atoms with Gasteiger partial charge in [0.2, 0.25) is 0 Å². The topological polar surface area (TPSA) is 12.9 Å². The summed E-state index contributed by atoms with van der Waals surface area (Å²) in [6, 6.07) is 2.12. The van der Waals surface area contributed by atoms with Gasteiger partial charge in [0, 0.05) is 16.8 Å². The highest BCUT2D eigenvalue weighted by Gasteiger charge is 2.09. The van der Waals surface area contributed by atoms with Gasteiger partial charge in [-0.25, -0.2) is 0 Å². The molecule has 0 aliphatic carbocycles. The van der Waals surface area contributed by atoms with Crippen LogP contribution in [0.1, 0.15) is 37.1 Å². The molecule has 0 aromatic carbocycles. The standard InChI is InChI=1S/C16H20ClN/c1-5-7-8-9-14(15(17)6-2)16-13(4)10-12(3)11-18-16/h6-11H,5H2,1-4H3. The monoisotopic (exact) mass is 261 g/mol. The predicted molar refractivity (Wildman–Crippen MR) is 80.7 cm³/mol. The van der Waals surface area contributed by atoms with Crippen LogP contribution in [0.3, 0.4) is 0 Å². The lowest BCUT2D eigenvalue weighted by Gasteiger charge is -2.09. The van der Waals surface area contributed by atoms with Crippen molar-refractivity contribution >= 4 is 17.2 Å². The van der Waals surface area contributed by atoms with Gasteiger partial charge in [-0.15, -0.1) is 0 Å². The summed E-state index contributed by atoms with van der Waals surface area (Å²) in [5.74, 6) is 0. The normalized spacial score (nSPS) is 13.4. The molecule has 0 saturated carbocycles. The Hall–Kier alpha value is -1.34. The van der Waals surface area contributed by atoms with E-state index >= 15 is 0 Å². The Morgan fingerprint density at radius 1 is 1.39 bits per heavy atom. The Morgan fingerprint density at radius 3 is 2.67 bits per heavy atom. The molecule has 0 saturated heterocycles. The number of hydrogen-bond acceptors (Lipinski definition) is 1. The van der Waals surface area contributed by atoms with Gasteiger partial charge in [0.25, 0.3) is 0 Å². The summed E-state index contributed by atoms with van der Waals surface area (Å²) in [6.07, 6.45) is 10.9. The lowest BCUT2D eigenvalue weighted by atomic mass is 10.0. The van der Waals surface area contributed by atoms with Crippen LogP contribution in [-0.4, -0.2) is 4.98 Å². The molecular weight excluding hydrogens is 242 g/mol. The van der Waals surface area contributed by atoms with Gasteiger partial charge in [-0.1, -0.05) is 48.9 Å². The van der Waals surface area contributed by atoms with E-state index in [0.717, 1.165) is 33.8 Å². The molecule has 1 heterocycles. The van der Waals surface area contributed by atoms with Gasteiger partial charge in [-0.05, 0) is 38.3 Å². The van der Waals surface area contributed by atoms with Crippen LogP contribution < -0.4 is 0 Å². The van der Waals surface area contributed by atoms with E-state index < -0.39 is 0 Å². The molecule has 96 valence electrons. The molecular formula is C16H20ClN. The van der Waals surface area contributed by atoms with E-state index in [1.807, 2.05) is 38.3 Å². The van der Waals surface area contributed by atoms with E-state index in [-0.39, 0.29) is 0 Å². The molecule has 0 amide bonds. The number of aromatic nitrogens is 1. The molecule has 0 aliphatic heterocycles. The Bertz CT molecular complexity index is 496. The fourth-order valence-corrected chi connectivity index (χ4v) is 1.88. The maximum atomic E-state index is 6.28. The molecule has 0 atom stereocenters. The molecule has 1 aromatic heterocycles. The summed E-state index contributed by atoms with van der Waals surface area (Å²) in [5, 5.41) is 0.732. The maximum Gasteiger partial charge on any atom is 0.0746 e. The summed E-state index contributed by atoms with van der Waals surface area (Å²) in [6.45, 7) is 8.15. The minimum atomic E-state index is 0.732. The summed E-state index contributed by atoms with van der Waals surface area (Å²) in [7, 11) is 0. The molecule has 0 spiro atoms. The molecule has 0 aliphatic rings. The van der Waals surface area contributed by atoms with Crippen LogP contribution in [0, 0.1) is 13.8 Å². The second-order valence-corrected chi connectivity index (χ2v) is 4.64. The lowest BCUT2D eigenvalue weighted by molar-refractivity contribution is 1.18. The van der Waals surface area contributed by atoms with Gasteiger partial charge in [-0.2, -0.15) is 0 Å². The minimum Gasteiger partial charge on any atom is -0.256 e. The second kappa shape index (κ2) is 7.17. The molecule has 0 radical (unpaired) electrons. The van der Waals surface area contributed by atoms with E-state index in [2.05, 4.69) is 31.0 Å². The summed E-state index contributed by atoms with van der Waals surface area (Å²) >= 11 is 6.28. The van der Waals surface area contributed by atoms with Gasteiger partial charge in [0.05, 0.1) is 5.69 Å². The second-order valence-electron chi connectivity index (χ2n) is 4.23. The number of halogens is 1. The van der Waals surface area contributed by atoms with Gasteiger partial charge in [0.1, 0.15) is 0 Å². The summed E-state index contributed by atoms with van der Waals surface area (Å²) in [5.41, 5.74) is 4.23. The van der Waals surface area contributed by atoms with E-state index in [9.17, 15) is 0 Å². The first-order valence-electron chi connectivity index (χ1n) is 6.22. The van der Waals surface area contributed by atoms with Crippen molar-refractivity contribution < 1.29 is 0 Å². The smallest absolute Gasteiger partial charge is 0.0746 e. The van der Waals surface area contributed by atoms with Crippen molar-refractivity contribution in [2.45, 2.75) is 34.1 Å². The van der Waals surface area contributed by atoms with Gasteiger partial charge >= 0.3 is 0 Å². The van der Waals surface area contributed by atoms with Gasteiger partial charge in [-0.3, -0.25) is 4.98 Å². The van der Waals surface area contributed by atoms with Crippen LogP contribution in [0.5, 0.6) is 0 Å². The van der Waals surface area contributed by atoms with Crippen LogP contribution in [0.15, 0.2) is 41.6 Å². The van der Waals surface area contributed by atoms with Gasteiger partial charge < -0.3 is 0 Å². The fraction of sp³-hybridized carbons (Fsp3) is 0.312. The molecule has 2 heteroatoms. The average molecular weight is 262 g/mol. The molecule has 0 bridgehead atoms. The van der Waals surface area contributed by atoms with Crippen LogP contribution in [0.4, 0.5) is 0 Å². The fourth-order valence-electron chi connectivity index (χ4n) is 1.72. The highest BCUT2D eigenvalue weighted by Crippen LogP contribution is 2.27. The van der Waals surface area contributed by atoms with Crippen molar-refractivity contribution in [1.29, 1.82) is 0 Å². The van der Waals surface area contributed by atoms with Crippen LogP contribution in [0.25, 0.3) is 5.57 Å². The van der Waals surface area contributed by atoms with Crippen LogP contribution >= 0.6 is 11.6 Å². The summed E-state index contributed by atoms with van der Waals surface area (Å²) < 4.78 is 0. The van der Waals surface area contributed by atoms with Crippen LogP contribution in [-0.2, 0) is 0 Å². The molecule has 1 nitrogen and oxygen atoms in total. The highest BCUT2D eigenvalue weighted by molar-refractivity contribution is 6.36. The molecule has 0 unspecified atom stereocenters. The number of pyridine rings is 1. The zero-order valence-corrected chi connectivity index (χ0v) is 12.3. The van der Waals surface area contributed by atoms with Crippen molar-refractivity contribution in [3.05, 3.63) is 58.4 Å². The Kier molecular flexibility index (Phi) is 5.87. The average Bonchev–Trinajstić information content (AvgIpc) is 2.35. The van der Waals surface area contributed by atoms with Crippen molar-refractivity contribution in [3.8, 4) is 0 Å². The number of aryl methyl sites for hydroxylation is 2. The largest absolute Gasteiger partial charge is 0.256 e. The first-order valence-corrected chi connectivity index (χ1v) is 6.60. The Labute approximate surface area is 115 Å². The first kappa shape index (κ1) is 14.7. The van der Waals surface area contributed by atoms with Crippen molar-refractivity contribution in [2.24, 2.45) is 0 Å². The minimum absolute atomic E-state index is 0.732. The Balaban J connectivity index is 3.26. The third-order valence-corrected chi connectivity index (χ3v) is 3.04. The van der Waals surface area contributed by atoms with Crippen molar-refractivity contribution in [2.75, 3.05) is 0 Å². The lowest BCUT2D eigenvalue weighted by Crippen LogP contribution is -1.95. The Morgan fingerprint density at radius 2 is 2.11 bits per heavy atom. The van der Waals surface area contributed by atoms with E-state index in [0.29, 0.717) is 0 Å². The first-order chi connectivity index (χ1) is 8.60. The van der Waals surface area contributed by atoms with Gasteiger partial charge in [0.15, 0.2) is 0 Å². The zero-order valence-electron chi connectivity index (χ0n) is 11.5. The third-order valence-electron chi connectivity index (χ3n) is 2.62. The maximum absolute atomic E-state index is 6.28. The number of hydrogen-bond donors (Lipinski definition) is 0. The van der Waals surface area contributed by atoms with Crippen molar-refractivity contribution in [1.82, 2.24) is 4.98 Å².